The van der Waals surface area contributed by atoms with Crippen LogP contribution in [0.25, 0.3) is 0 Å². The lowest BCUT2D eigenvalue weighted by atomic mass is 10.0. The predicted octanol–water partition coefficient (Wildman–Crippen LogP) is 3.25. The Balaban J connectivity index is 1.50. The van der Waals surface area contributed by atoms with E-state index >= 15 is 0 Å². The van der Waals surface area contributed by atoms with Gasteiger partial charge in [-0.15, -0.1) is 0 Å². The summed E-state index contributed by atoms with van der Waals surface area (Å²) in [6, 6.07) is 13.1. The van der Waals surface area contributed by atoms with E-state index in [4.69, 9.17) is 4.52 Å². The normalized spacial score (nSPS) is 24.1. The van der Waals surface area contributed by atoms with Gasteiger partial charge >= 0.3 is 0 Å². The zero-order valence-corrected chi connectivity index (χ0v) is 14.7. The van der Waals surface area contributed by atoms with Crippen LogP contribution in [0.5, 0.6) is 0 Å². The van der Waals surface area contributed by atoms with E-state index < -0.39 is 0 Å². The summed E-state index contributed by atoms with van der Waals surface area (Å²) in [6.45, 7) is 4.74. The number of rotatable bonds is 4. The van der Waals surface area contributed by atoms with Crippen LogP contribution in [-0.4, -0.2) is 46.0 Å². The maximum atomic E-state index is 12.9. The molecule has 25 heavy (non-hydrogen) atoms. The highest BCUT2D eigenvalue weighted by molar-refractivity contribution is 5.92. The Morgan fingerprint density at radius 2 is 1.92 bits per heavy atom. The molecule has 0 aliphatic carbocycles. The number of nitrogens with zero attached hydrogens (tertiary/aromatic N) is 3. The third kappa shape index (κ3) is 3.33. The number of aromatic nitrogens is 1. The Morgan fingerprint density at radius 1 is 1.16 bits per heavy atom. The molecule has 2 fully saturated rings. The maximum absolute atomic E-state index is 12.9. The Bertz CT molecular complexity index is 728. The molecule has 3 heterocycles. The van der Waals surface area contributed by atoms with Crippen molar-refractivity contribution in [1.29, 1.82) is 0 Å². The molecule has 1 amide bonds. The fraction of sp³-hybridized carbons (Fsp3) is 0.500. The molecular formula is C20H25N3O2. The van der Waals surface area contributed by atoms with E-state index in [-0.39, 0.29) is 11.9 Å². The lowest BCUT2D eigenvalue weighted by molar-refractivity contribution is 0.0599. The van der Waals surface area contributed by atoms with Gasteiger partial charge in [-0.2, -0.15) is 0 Å². The fourth-order valence-corrected chi connectivity index (χ4v) is 4.35. The van der Waals surface area contributed by atoms with E-state index in [9.17, 15) is 4.79 Å². The first-order chi connectivity index (χ1) is 12.2. The van der Waals surface area contributed by atoms with Crippen LogP contribution in [0.3, 0.4) is 0 Å². The molecule has 5 heteroatoms. The van der Waals surface area contributed by atoms with E-state index in [0.717, 1.165) is 44.6 Å². The van der Waals surface area contributed by atoms with Gasteiger partial charge in [0.25, 0.3) is 5.91 Å². The van der Waals surface area contributed by atoms with Crippen LogP contribution < -0.4 is 0 Å². The van der Waals surface area contributed by atoms with Crippen molar-refractivity contribution in [2.45, 2.75) is 51.2 Å². The molecule has 0 saturated carbocycles. The molecule has 0 radical (unpaired) electrons. The molecule has 0 unspecified atom stereocenters. The van der Waals surface area contributed by atoms with Crippen molar-refractivity contribution in [1.82, 2.24) is 15.0 Å². The second-order valence-corrected chi connectivity index (χ2v) is 7.21. The van der Waals surface area contributed by atoms with E-state index in [1.165, 1.54) is 12.0 Å². The molecule has 2 aromatic rings. The van der Waals surface area contributed by atoms with Gasteiger partial charge in [0.1, 0.15) is 0 Å². The summed E-state index contributed by atoms with van der Waals surface area (Å²) in [5.74, 6) is 0.367. The number of carbonyl (C=O) groups is 1. The zero-order valence-electron chi connectivity index (χ0n) is 14.7. The molecule has 0 spiro atoms. The van der Waals surface area contributed by atoms with Gasteiger partial charge in [-0.25, -0.2) is 0 Å². The molecular weight excluding hydrogens is 314 g/mol. The van der Waals surface area contributed by atoms with Crippen LogP contribution in [0.1, 0.15) is 47.5 Å². The third-order valence-corrected chi connectivity index (χ3v) is 5.49. The van der Waals surface area contributed by atoms with Crippen molar-refractivity contribution in [3.63, 3.8) is 0 Å². The van der Waals surface area contributed by atoms with E-state index in [2.05, 4.69) is 40.4 Å². The number of aryl methyl sites for hydroxylation is 1. The van der Waals surface area contributed by atoms with Crippen LogP contribution in [0.15, 0.2) is 40.9 Å². The fourth-order valence-electron chi connectivity index (χ4n) is 4.35. The van der Waals surface area contributed by atoms with E-state index in [1.54, 1.807) is 6.07 Å². The molecule has 4 rings (SSSR count). The zero-order chi connectivity index (χ0) is 17.2. The van der Waals surface area contributed by atoms with E-state index in [1.807, 2.05) is 11.8 Å². The second-order valence-electron chi connectivity index (χ2n) is 7.21. The number of carbonyl (C=O) groups excluding carboxylic acids is 1. The Morgan fingerprint density at radius 3 is 2.68 bits per heavy atom. The largest absolute Gasteiger partial charge is 0.351 e. The summed E-state index contributed by atoms with van der Waals surface area (Å²) in [5.41, 5.74) is 2.10. The van der Waals surface area contributed by atoms with Gasteiger partial charge in [0.05, 0.1) is 5.69 Å². The van der Waals surface area contributed by atoms with Crippen LogP contribution in [0.4, 0.5) is 0 Å². The average Bonchev–Trinajstić information content (AvgIpc) is 3.35. The van der Waals surface area contributed by atoms with Gasteiger partial charge in [-0.05, 0) is 44.7 Å². The summed E-state index contributed by atoms with van der Waals surface area (Å²) >= 11 is 0. The predicted molar refractivity (Wildman–Crippen MR) is 95.2 cm³/mol. The third-order valence-electron chi connectivity index (χ3n) is 5.49. The Kier molecular flexibility index (Phi) is 4.57. The van der Waals surface area contributed by atoms with Gasteiger partial charge in [0.15, 0.2) is 0 Å². The average molecular weight is 339 g/mol. The first-order valence-electron chi connectivity index (χ1n) is 9.24. The SMILES string of the molecule is Cc1cc(C(=O)N2CCC[C@H]2[C@H]2CCCN2Cc2ccccc2)on1. The first kappa shape index (κ1) is 16.3. The Labute approximate surface area is 148 Å². The molecule has 2 saturated heterocycles. The molecule has 2 aliphatic rings. The number of hydrogen-bond donors (Lipinski definition) is 0. The van der Waals surface area contributed by atoms with Crippen molar-refractivity contribution in [2.75, 3.05) is 13.1 Å². The summed E-state index contributed by atoms with van der Waals surface area (Å²) in [4.78, 5) is 17.4. The molecule has 2 atom stereocenters. The monoisotopic (exact) mass is 339 g/mol. The molecule has 1 aromatic carbocycles. The van der Waals surface area contributed by atoms with Gasteiger partial charge in [-0.3, -0.25) is 9.69 Å². The summed E-state index contributed by atoms with van der Waals surface area (Å²) < 4.78 is 5.22. The summed E-state index contributed by atoms with van der Waals surface area (Å²) in [5, 5.41) is 3.87. The highest BCUT2D eigenvalue weighted by Gasteiger charge is 2.40. The lowest BCUT2D eigenvalue weighted by Crippen LogP contribution is -2.48. The van der Waals surface area contributed by atoms with Gasteiger partial charge in [0, 0.05) is 31.2 Å². The molecule has 132 valence electrons. The molecule has 0 bridgehead atoms. The van der Waals surface area contributed by atoms with Crippen LogP contribution in [0, 0.1) is 6.92 Å². The van der Waals surface area contributed by atoms with Crippen LogP contribution >= 0.6 is 0 Å². The maximum Gasteiger partial charge on any atom is 0.292 e. The molecule has 2 aliphatic heterocycles. The second kappa shape index (κ2) is 7.00. The van der Waals surface area contributed by atoms with Crippen molar-refractivity contribution in [2.24, 2.45) is 0 Å². The standard InChI is InChI=1S/C20H25N3O2/c1-15-13-19(25-21-15)20(24)23-12-6-10-18(23)17-9-5-11-22(17)14-16-7-3-2-4-8-16/h2-4,7-8,13,17-18H,5-6,9-12,14H2,1H3/t17-,18+/m1/s1. The highest BCUT2D eigenvalue weighted by atomic mass is 16.5. The number of hydrogen-bond acceptors (Lipinski definition) is 4. The van der Waals surface area contributed by atoms with Gasteiger partial charge in [0.2, 0.25) is 5.76 Å². The highest BCUT2D eigenvalue weighted by Crippen LogP contribution is 2.32. The lowest BCUT2D eigenvalue weighted by Gasteiger charge is -2.34. The molecule has 0 N–H and O–H groups in total. The minimum Gasteiger partial charge on any atom is -0.351 e. The number of benzene rings is 1. The van der Waals surface area contributed by atoms with Crippen molar-refractivity contribution in [3.05, 3.63) is 53.4 Å². The summed E-state index contributed by atoms with van der Waals surface area (Å²) in [7, 11) is 0. The Hall–Kier alpha value is -2.14. The number of likely N-dealkylation sites (tertiary alicyclic amines) is 2. The van der Waals surface area contributed by atoms with Crippen molar-refractivity contribution < 1.29 is 9.32 Å². The molecule has 5 nitrogen and oxygen atoms in total. The summed E-state index contributed by atoms with van der Waals surface area (Å²) in [6.07, 6.45) is 4.52. The quantitative estimate of drug-likeness (QED) is 0.858. The topological polar surface area (TPSA) is 49.6 Å². The van der Waals surface area contributed by atoms with Crippen molar-refractivity contribution in [3.8, 4) is 0 Å². The molecule has 1 aromatic heterocycles. The van der Waals surface area contributed by atoms with E-state index in [0.29, 0.717) is 11.8 Å². The smallest absolute Gasteiger partial charge is 0.292 e. The minimum absolute atomic E-state index is 0.00494. The minimum atomic E-state index is -0.00494. The van der Waals surface area contributed by atoms with Gasteiger partial charge < -0.3 is 9.42 Å². The van der Waals surface area contributed by atoms with Crippen molar-refractivity contribution >= 4 is 5.91 Å². The van der Waals surface area contributed by atoms with Crippen LogP contribution in [-0.2, 0) is 6.54 Å². The van der Waals surface area contributed by atoms with Crippen LogP contribution in [0.2, 0.25) is 0 Å². The van der Waals surface area contributed by atoms with Gasteiger partial charge in [-0.1, -0.05) is 35.5 Å². The number of amides is 1. The first-order valence-corrected chi connectivity index (χ1v) is 9.24.